The van der Waals surface area contributed by atoms with Gasteiger partial charge in [-0.05, 0) is 168 Å². The summed E-state index contributed by atoms with van der Waals surface area (Å²) >= 11 is 19.3. The summed E-state index contributed by atoms with van der Waals surface area (Å²) in [5, 5.41) is 11.5. The Labute approximate surface area is 698 Å². The van der Waals surface area contributed by atoms with Crippen LogP contribution in [0.15, 0.2) is 198 Å². The Bertz CT molecular complexity index is 6290. The van der Waals surface area contributed by atoms with E-state index in [2.05, 4.69) is 96.3 Å². The van der Waals surface area contributed by atoms with E-state index in [1.165, 1.54) is 87.7 Å². The molecule has 9 heterocycles. The van der Waals surface area contributed by atoms with Crippen molar-refractivity contribution in [2.75, 3.05) is 54.5 Å². The first-order valence-electron chi connectivity index (χ1n) is 36.4. The molecule has 27 nitrogen and oxygen atoms in total. The van der Waals surface area contributed by atoms with Crippen LogP contribution in [-0.2, 0) is 0 Å². The zero-order valence-electron chi connectivity index (χ0n) is 65.2. The molecule has 3 atom stereocenters. The van der Waals surface area contributed by atoms with Gasteiger partial charge in [0.15, 0.2) is 17.5 Å². The first-order valence-corrected chi connectivity index (χ1v) is 37.6. The van der Waals surface area contributed by atoms with Crippen molar-refractivity contribution in [3.63, 3.8) is 0 Å². The van der Waals surface area contributed by atoms with Crippen LogP contribution in [0.25, 0.3) is 49.8 Å². The van der Waals surface area contributed by atoms with E-state index in [9.17, 15) is 27.6 Å². The SMILES string of the molecule is COc1cccc(-n2c([C@@H](C)Nc3ncnc(N)c3C#Cc3ncccc3F)nc3cccc(Cl)c3c2=O)c1C.COc1cccc(-n2c([C@H](C)Nc3ncnc(N)c3C#Cc3ncccc3F)nc3cccc(Cl)c3c2=O)c1C.COc1cccc(-n2c([C@H](C)Nc3ncnc(N)c3C#Cc3ncccc3F)nc3cccc(Cl)c3c2=O)c1C. The Kier molecular flexibility index (Phi) is 25.2. The van der Waals surface area contributed by atoms with Gasteiger partial charge in [-0.2, -0.15) is 0 Å². The molecule has 0 aliphatic rings. The van der Waals surface area contributed by atoms with Crippen molar-refractivity contribution in [1.82, 2.24) is 73.5 Å². The topological polar surface area (TPSA) is 363 Å². The van der Waals surface area contributed by atoms with Crippen LogP contribution in [0.5, 0.6) is 17.2 Å². The summed E-state index contributed by atoms with van der Waals surface area (Å²) < 4.78 is 63.3. The number of benzene rings is 6. The Balaban J connectivity index is 0.000000156. The fourth-order valence-electron chi connectivity index (χ4n) is 12.9. The Morgan fingerprint density at radius 3 is 0.892 bits per heavy atom. The number of pyridine rings is 3. The highest BCUT2D eigenvalue weighted by Crippen LogP contribution is 2.35. The molecule has 0 aliphatic heterocycles. The van der Waals surface area contributed by atoms with Gasteiger partial charge in [-0.15, -0.1) is 0 Å². The largest absolute Gasteiger partial charge is 0.496 e. The summed E-state index contributed by atoms with van der Waals surface area (Å²) in [6.45, 7) is 11.0. The molecule has 0 bridgehead atoms. The van der Waals surface area contributed by atoms with E-state index in [0.29, 0.717) is 83.4 Å². The normalized spacial score (nSPS) is 11.5. The van der Waals surface area contributed by atoms with E-state index in [0.717, 1.165) is 16.7 Å². The van der Waals surface area contributed by atoms with Gasteiger partial charge in [-0.1, -0.05) is 89.0 Å². The minimum absolute atomic E-state index is 0.0415. The maximum Gasteiger partial charge on any atom is 0.267 e. The van der Waals surface area contributed by atoms with Gasteiger partial charge in [0, 0.05) is 35.3 Å². The van der Waals surface area contributed by atoms with Crippen molar-refractivity contribution >= 4 is 102 Å². The Morgan fingerprint density at radius 1 is 0.367 bits per heavy atom. The second-order valence-corrected chi connectivity index (χ2v) is 27.6. The molecule has 15 aromatic rings. The van der Waals surface area contributed by atoms with Gasteiger partial charge in [0.05, 0.1) is 104 Å². The van der Waals surface area contributed by atoms with Crippen molar-refractivity contribution in [2.45, 2.75) is 59.7 Å². The number of nitrogen functional groups attached to an aromatic ring is 3. The average molecular weight is 1670 g/mol. The molecular formula is C87H69Cl3F3N21O6. The lowest BCUT2D eigenvalue weighted by molar-refractivity contribution is 0.411. The zero-order valence-corrected chi connectivity index (χ0v) is 67.5. The van der Waals surface area contributed by atoms with Gasteiger partial charge in [-0.3, -0.25) is 28.1 Å². The number of fused-ring (bicyclic) bond motifs is 3. The molecule has 9 aromatic heterocycles. The lowest BCUT2D eigenvalue weighted by atomic mass is 10.1. The van der Waals surface area contributed by atoms with Crippen LogP contribution in [0, 0.1) is 73.7 Å². The third kappa shape index (κ3) is 17.3. The van der Waals surface area contributed by atoms with Crippen molar-refractivity contribution < 1.29 is 27.4 Å². The van der Waals surface area contributed by atoms with E-state index in [4.69, 9.17) is 81.2 Å². The number of halogens is 6. The van der Waals surface area contributed by atoms with E-state index in [1.807, 2.05) is 59.7 Å². The molecule has 6 aromatic carbocycles. The van der Waals surface area contributed by atoms with Gasteiger partial charge in [-0.25, -0.2) is 73.0 Å². The minimum Gasteiger partial charge on any atom is -0.496 e. The molecule has 0 saturated heterocycles. The summed E-state index contributed by atoms with van der Waals surface area (Å²) in [6, 6.07) is 38.0. The molecule has 600 valence electrons. The smallest absolute Gasteiger partial charge is 0.267 e. The van der Waals surface area contributed by atoms with Gasteiger partial charge >= 0.3 is 0 Å². The second kappa shape index (κ2) is 36.4. The highest BCUT2D eigenvalue weighted by molar-refractivity contribution is 6.36. The first kappa shape index (κ1) is 82.9. The molecule has 0 radical (unpaired) electrons. The molecule has 0 aliphatic carbocycles. The van der Waals surface area contributed by atoms with Gasteiger partial charge in [0.2, 0.25) is 0 Å². The van der Waals surface area contributed by atoms with E-state index in [1.54, 1.807) is 112 Å². The molecule has 0 amide bonds. The van der Waals surface area contributed by atoms with Crippen LogP contribution in [0.1, 0.15) is 107 Å². The summed E-state index contributed by atoms with van der Waals surface area (Å²) in [6.07, 6.45) is 8.17. The van der Waals surface area contributed by atoms with Crippen LogP contribution >= 0.6 is 34.8 Å². The number of ether oxygens (including phenoxy) is 3. The van der Waals surface area contributed by atoms with Crippen LogP contribution < -0.4 is 64.0 Å². The van der Waals surface area contributed by atoms with Crippen molar-refractivity contribution in [3.8, 4) is 69.8 Å². The summed E-state index contributed by atoms with van der Waals surface area (Å²) in [5.41, 5.74) is 23.2. The third-order valence-electron chi connectivity index (χ3n) is 18.8. The minimum atomic E-state index is -0.594. The number of nitrogens with one attached hydrogen (secondary N) is 3. The molecule has 0 unspecified atom stereocenters. The number of hydrogen-bond donors (Lipinski definition) is 6. The first-order chi connectivity index (χ1) is 57.9. The molecule has 15 rings (SSSR count). The molecule has 120 heavy (non-hydrogen) atoms. The fourth-order valence-corrected chi connectivity index (χ4v) is 13.6. The maximum atomic E-state index is 14.1. The number of rotatable bonds is 15. The van der Waals surface area contributed by atoms with Crippen LogP contribution in [-0.4, -0.2) is 94.8 Å². The van der Waals surface area contributed by atoms with E-state index < -0.39 is 35.6 Å². The number of nitrogens with two attached hydrogens (primary N) is 3. The molecule has 33 heteroatoms. The van der Waals surface area contributed by atoms with Gasteiger partial charge in [0.1, 0.15) is 122 Å². The summed E-state index contributed by atoms with van der Waals surface area (Å²) in [4.78, 5) is 93.2. The fraction of sp³-hybridized carbons (Fsp3) is 0.138. The Morgan fingerprint density at radius 2 is 0.633 bits per heavy atom. The molecule has 0 saturated carbocycles. The maximum absolute atomic E-state index is 14.1. The lowest BCUT2D eigenvalue weighted by Gasteiger charge is -2.22. The molecular weight excluding hydrogens is 1600 g/mol. The lowest BCUT2D eigenvalue weighted by Crippen LogP contribution is -2.28. The van der Waals surface area contributed by atoms with Crippen molar-refractivity contribution in [1.29, 1.82) is 0 Å². The Hall–Kier alpha value is -15.0. The van der Waals surface area contributed by atoms with E-state index in [-0.39, 0.29) is 102 Å². The molecule has 0 spiro atoms. The molecule has 0 fully saturated rings. The average Bonchev–Trinajstić information content (AvgIpc) is 0.760. The van der Waals surface area contributed by atoms with Crippen LogP contribution in [0.4, 0.5) is 48.1 Å². The van der Waals surface area contributed by atoms with Crippen LogP contribution in [0.3, 0.4) is 0 Å². The summed E-state index contributed by atoms with van der Waals surface area (Å²) in [5.74, 6) is 18.9. The number of methoxy groups -OCH3 is 3. The predicted molar refractivity (Wildman–Crippen MR) is 457 cm³/mol. The third-order valence-corrected chi connectivity index (χ3v) is 19.8. The highest BCUT2D eigenvalue weighted by atomic mass is 35.5. The van der Waals surface area contributed by atoms with E-state index >= 15 is 0 Å². The number of nitrogens with zero attached hydrogens (tertiary/aromatic N) is 15. The second-order valence-electron chi connectivity index (χ2n) is 26.3. The summed E-state index contributed by atoms with van der Waals surface area (Å²) in [7, 11) is 4.69. The number of aromatic nitrogens is 15. The quantitative estimate of drug-likeness (QED) is 0.0519. The van der Waals surface area contributed by atoms with Crippen molar-refractivity contribution in [3.05, 3.63) is 315 Å². The van der Waals surface area contributed by atoms with Gasteiger partial charge < -0.3 is 47.4 Å². The number of anilines is 6. The van der Waals surface area contributed by atoms with Crippen molar-refractivity contribution in [2.24, 2.45) is 0 Å². The highest BCUT2D eigenvalue weighted by Gasteiger charge is 2.28. The monoisotopic (exact) mass is 1670 g/mol. The van der Waals surface area contributed by atoms with Crippen LogP contribution in [0.2, 0.25) is 15.1 Å². The molecule has 9 N–H and O–H groups in total. The number of hydrogen-bond acceptors (Lipinski definition) is 24. The standard InChI is InChI=1S/3C29H23ClFN7O2/c3*1-16-23(10-5-11-24(16)40-3)38-28(37-22-9-4-7-19(30)25(22)29(38)39)17(2)36-27-18(26(32)34-15-35-27)12-13-21-20(31)8-6-14-33-21/h3*4-11,14-15,17H,1-3H3,(H3,32,34,35,36)/t3*17-/m100/s1. The van der Waals surface area contributed by atoms with Gasteiger partial charge in [0.25, 0.3) is 16.7 Å². The predicted octanol–water partition coefficient (Wildman–Crippen LogP) is 14.5. The zero-order chi connectivity index (χ0) is 85.2.